The maximum atomic E-state index is 12.2. The van der Waals surface area contributed by atoms with E-state index in [2.05, 4.69) is 73.3 Å². The van der Waals surface area contributed by atoms with E-state index in [1.807, 2.05) is 0 Å². The van der Waals surface area contributed by atoms with Crippen LogP contribution in [0.1, 0.15) is 304 Å². The molecule has 0 rings (SSSR count). The van der Waals surface area contributed by atoms with Gasteiger partial charge in [0.15, 0.2) is 0 Å². The van der Waals surface area contributed by atoms with E-state index in [9.17, 15) is 9.90 Å². The zero-order valence-electron chi connectivity index (χ0n) is 49.9. The molecular weight excluding hydrogens is 899 g/mol. The van der Waals surface area contributed by atoms with Gasteiger partial charge in [-0.25, -0.2) is 0 Å². The van der Waals surface area contributed by atoms with Gasteiger partial charge in [0.2, 0.25) is 0 Å². The van der Waals surface area contributed by atoms with Crippen molar-refractivity contribution in [2.24, 2.45) is 0 Å². The second kappa shape index (κ2) is 61.2. The molecule has 432 valence electrons. The number of unbranched alkanes of at least 4 members (excludes halogenated alkanes) is 31. The van der Waals surface area contributed by atoms with Crippen molar-refractivity contribution < 1.29 is 19.4 Å². The van der Waals surface area contributed by atoms with Gasteiger partial charge in [-0.05, 0) is 142 Å². The SMILES string of the molecule is C=C(CCCCCCCCCN(CCC)CCCCCCCCCC(=O)OCCCCCCCCCN(CCC)CC/C=C\CCCCC)OCCCCCCCCCCN(CCO)CC/C=C\CCCCC. The zero-order chi connectivity index (χ0) is 53.0. The molecule has 7 heteroatoms. The summed E-state index contributed by atoms with van der Waals surface area (Å²) >= 11 is 0. The lowest BCUT2D eigenvalue weighted by Crippen LogP contribution is -2.28. The van der Waals surface area contributed by atoms with Crippen molar-refractivity contribution in [1.82, 2.24) is 14.7 Å². The van der Waals surface area contributed by atoms with Crippen molar-refractivity contribution in [1.29, 1.82) is 0 Å². The number of carbonyl (C=O) groups excluding carboxylic acids is 1. The molecule has 0 unspecified atom stereocenters. The Morgan fingerprint density at radius 1 is 0.342 bits per heavy atom. The summed E-state index contributed by atoms with van der Waals surface area (Å²) < 4.78 is 11.5. The Bertz CT molecular complexity index is 1160. The van der Waals surface area contributed by atoms with Crippen LogP contribution in [0, 0.1) is 0 Å². The third kappa shape index (κ3) is 56.4. The minimum absolute atomic E-state index is 0.0127. The van der Waals surface area contributed by atoms with Gasteiger partial charge < -0.3 is 29.3 Å². The van der Waals surface area contributed by atoms with Gasteiger partial charge in [0, 0.05) is 32.5 Å². The van der Waals surface area contributed by atoms with E-state index >= 15 is 0 Å². The number of carbonyl (C=O) groups is 1. The first-order valence-electron chi connectivity index (χ1n) is 32.5. The Balaban J connectivity index is 3.60. The highest BCUT2D eigenvalue weighted by molar-refractivity contribution is 5.69. The van der Waals surface area contributed by atoms with Gasteiger partial charge in [0.1, 0.15) is 0 Å². The summed E-state index contributed by atoms with van der Waals surface area (Å²) in [5.74, 6) is 1.01. The number of ether oxygens (including phenoxy) is 2. The van der Waals surface area contributed by atoms with Crippen LogP contribution in [0.5, 0.6) is 0 Å². The summed E-state index contributed by atoms with van der Waals surface area (Å²) in [6.45, 7) is 25.5. The van der Waals surface area contributed by atoms with E-state index in [4.69, 9.17) is 9.47 Å². The minimum Gasteiger partial charge on any atom is -0.499 e. The van der Waals surface area contributed by atoms with Gasteiger partial charge in [0.25, 0.3) is 0 Å². The highest BCUT2D eigenvalue weighted by Gasteiger charge is 2.07. The number of hydrogen-bond donors (Lipinski definition) is 1. The van der Waals surface area contributed by atoms with Crippen LogP contribution in [0.15, 0.2) is 36.6 Å². The average Bonchev–Trinajstić information content (AvgIpc) is 3.38. The van der Waals surface area contributed by atoms with Gasteiger partial charge in [-0.15, -0.1) is 0 Å². The first kappa shape index (κ1) is 71.3. The third-order valence-corrected chi connectivity index (χ3v) is 14.8. The summed E-state index contributed by atoms with van der Waals surface area (Å²) in [7, 11) is 0. The van der Waals surface area contributed by atoms with Crippen molar-refractivity contribution in [3.05, 3.63) is 36.6 Å². The molecule has 7 nitrogen and oxygen atoms in total. The third-order valence-electron chi connectivity index (χ3n) is 14.8. The lowest BCUT2D eigenvalue weighted by atomic mass is 10.1. The van der Waals surface area contributed by atoms with E-state index in [0.717, 1.165) is 70.5 Å². The summed E-state index contributed by atoms with van der Waals surface area (Å²) in [6, 6.07) is 0. The normalized spacial score (nSPS) is 12.0. The summed E-state index contributed by atoms with van der Waals surface area (Å²) in [5.41, 5.74) is 0. The fourth-order valence-corrected chi connectivity index (χ4v) is 10.2. The van der Waals surface area contributed by atoms with Crippen molar-refractivity contribution in [3.63, 3.8) is 0 Å². The topological polar surface area (TPSA) is 65.5 Å². The monoisotopic (exact) mass is 1030 g/mol. The molecule has 0 atom stereocenters. The van der Waals surface area contributed by atoms with Crippen LogP contribution in [0.2, 0.25) is 0 Å². The number of esters is 1. The fraction of sp³-hybridized carbons (Fsp3) is 0.894. The standard InChI is InChI=1S/C66H129N3O4/c1-6-10-12-14-23-33-43-55-67(53-8-3)58-46-37-28-20-30-40-50-64-73-66(71)52-42-32-22-19-27-36-45-57-68(54-9-4)56-44-35-26-18-21-31-41-51-65(5)72-63-49-39-29-17-16-25-38-48-60-69(61-62-70)59-47-34-24-15-13-11-7-2/h23-24,33-34,70H,5-22,25-32,35-64H2,1-4H3/b33-23-,34-24-. The molecule has 0 amide bonds. The minimum atomic E-state index is 0.0127. The molecule has 0 aromatic carbocycles. The molecule has 73 heavy (non-hydrogen) atoms. The van der Waals surface area contributed by atoms with E-state index < -0.39 is 0 Å². The summed E-state index contributed by atoms with van der Waals surface area (Å²) in [6.07, 6.45) is 63.3. The van der Waals surface area contributed by atoms with Gasteiger partial charge >= 0.3 is 5.97 Å². The highest BCUT2D eigenvalue weighted by atomic mass is 16.5. The molecule has 0 saturated carbocycles. The molecule has 1 N–H and O–H groups in total. The lowest BCUT2D eigenvalue weighted by Gasteiger charge is -2.21. The Morgan fingerprint density at radius 3 is 1.07 bits per heavy atom. The van der Waals surface area contributed by atoms with E-state index in [-0.39, 0.29) is 12.6 Å². The van der Waals surface area contributed by atoms with Crippen LogP contribution in [-0.2, 0) is 14.3 Å². The number of allylic oxidation sites excluding steroid dienone is 3. The number of aliphatic hydroxyl groups excluding tert-OH is 1. The summed E-state index contributed by atoms with van der Waals surface area (Å²) in [5, 5.41) is 9.45. The molecule has 0 aliphatic heterocycles. The molecule has 0 saturated heterocycles. The van der Waals surface area contributed by atoms with Crippen LogP contribution < -0.4 is 0 Å². The molecule has 0 heterocycles. The first-order chi connectivity index (χ1) is 36.0. The van der Waals surface area contributed by atoms with Crippen LogP contribution in [0.3, 0.4) is 0 Å². The Labute approximate surface area is 457 Å². The second-order valence-electron chi connectivity index (χ2n) is 22.1. The number of nitrogens with zero attached hydrogens (tertiary/aromatic N) is 3. The van der Waals surface area contributed by atoms with Crippen molar-refractivity contribution >= 4 is 5.97 Å². The van der Waals surface area contributed by atoms with E-state index in [1.54, 1.807) is 0 Å². The Morgan fingerprint density at radius 2 is 0.671 bits per heavy atom. The maximum absolute atomic E-state index is 12.2. The number of rotatable bonds is 62. The molecule has 0 bridgehead atoms. The highest BCUT2D eigenvalue weighted by Crippen LogP contribution is 2.16. The molecule has 0 radical (unpaired) electrons. The lowest BCUT2D eigenvalue weighted by molar-refractivity contribution is -0.143. The van der Waals surface area contributed by atoms with Crippen molar-refractivity contribution in [2.45, 2.75) is 304 Å². The first-order valence-corrected chi connectivity index (χ1v) is 32.5. The fourth-order valence-electron chi connectivity index (χ4n) is 10.2. The van der Waals surface area contributed by atoms with Gasteiger partial charge in [-0.1, -0.05) is 219 Å². The van der Waals surface area contributed by atoms with E-state index in [1.165, 1.54) is 270 Å². The Kier molecular flexibility index (Phi) is 59.8. The van der Waals surface area contributed by atoms with Gasteiger partial charge in [-0.2, -0.15) is 0 Å². The second-order valence-corrected chi connectivity index (χ2v) is 22.1. The predicted molar refractivity (Wildman–Crippen MR) is 322 cm³/mol. The van der Waals surface area contributed by atoms with Crippen LogP contribution in [0.4, 0.5) is 0 Å². The quantitative estimate of drug-likeness (QED) is 0.0282. The zero-order valence-corrected chi connectivity index (χ0v) is 49.9. The Hall–Kier alpha value is -1.67. The molecule has 0 aromatic rings. The molecule has 0 spiro atoms. The molecular formula is C66H129N3O4. The van der Waals surface area contributed by atoms with Crippen LogP contribution in [-0.4, -0.2) is 104 Å². The maximum Gasteiger partial charge on any atom is 0.305 e. The smallest absolute Gasteiger partial charge is 0.305 e. The van der Waals surface area contributed by atoms with Gasteiger partial charge in [-0.3, -0.25) is 4.79 Å². The summed E-state index contributed by atoms with van der Waals surface area (Å²) in [4.78, 5) is 20.1. The molecule has 0 fully saturated rings. The molecule has 0 aliphatic carbocycles. The molecule has 0 aromatic heterocycles. The van der Waals surface area contributed by atoms with Crippen LogP contribution in [0.25, 0.3) is 0 Å². The number of aliphatic hydroxyl groups is 1. The van der Waals surface area contributed by atoms with Crippen molar-refractivity contribution in [3.8, 4) is 0 Å². The molecule has 0 aliphatic rings. The van der Waals surface area contributed by atoms with E-state index in [0.29, 0.717) is 13.0 Å². The largest absolute Gasteiger partial charge is 0.499 e. The predicted octanol–water partition coefficient (Wildman–Crippen LogP) is 18.9. The average molecular weight is 1030 g/mol. The van der Waals surface area contributed by atoms with Gasteiger partial charge in [0.05, 0.1) is 25.6 Å². The number of hydrogen-bond acceptors (Lipinski definition) is 7. The van der Waals surface area contributed by atoms with Crippen LogP contribution >= 0.6 is 0 Å². The van der Waals surface area contributed by atoms with Crippen molar-refractivity contribution in [2.75, 3.05) is 78.7 Å².